The number of hydrogen-bond acceptors (Lipinski definition) is 5. The van der Waals surface area contributed by atoms with Gasteiger partial charge in [0.25, 0.3) is 11.1 Å². The smallest absolute Gasteiger partial charge is 0.298 e. The molecule has 1 fully saturated rings. The summed E-state index contributed by atoms with van der Waals surface area (Å²) in [7, 11) is 1.43. The Labute approximate surface area is 161 Å². The molecule has 2 aromatic carbocycles. The molecule has 0 atom stereocenters. The lowest BCUT2D eigenvalue weighted by Gasteiger charge is -2.12. The van der Waals surface area contributed by atoms with Crippen molar-refractivity contribution in [2.24, 2.45) is 0 Å². The standard InChI is InChI=1S/C17H11BrClNO4S/c1-24-14-5-9(12(18)8-13(14)21)6-15-16(22)20(17(23)25-15)11-4-2-3-10(19)7-11/h2-8,21H,1H3/b15-6+. The number of hydrogen-bond donors (Lipinski definition) is 1. The summed E-state index contributed by atoms with van der Waals surface area (Å²) in [4.78, 5) is 26.2. The van der Waals surface area contributed by atoms with Crippen molar-refractivity contribution in [3.8, 4) is 11.5 Å². The minimum Gasteiger partial charge on any atom is -0.504 e. The second-order valence-electron chi connectivity index (χ2n) is 5.04. The van der Waals surface area contributed by atoms with Crippen molar-refractivity contribution in [2.75, 3.05) is 12.0 Å². The van der Waals surface area contributed by atoms with E-state index in [1.54, 1.807) is 36.4 Å². The topological polar surface area (TPSA) is 66.8 Å². The number of anilines is 1. The zero-order valence-corrected chi connectivity index (χ0v) is 16.0. The van der Waals surface area contributed by atoms with Crippen LogP contribution in [0.25, 0.3) is 6.08 Å². The molecule has 1 aliphatic rings. The van der Waals surface area contributed by atoms with E-state index >= 15 is 0 Å². The normalized spacial score (nSPS) is 16.0. The second kappa shape index (κ2) is 7.11. The summed E-state index contributed by atoms with van der Waals surface area (Å²) in [6, 6.07) is 9.58. The van der Waals surface area contributed by atoms with Gasteiger partial charge < -0.3 is 9.84 Å². The van der Waals surface area contributed by atoms with Crippen LogP contribution >= 0.6 is 39.3 Å². The van der Waals surface area contributed by atoms with Crippen LogP contribution in [-0.2, 0) is 4.79 Å². The third-order valence-electron chi connectivity index (χ3n) is 3.44. The van der Waals surface area contributed by atoms with Gasteiger partial charge in [0.15, 0.2) is 11.5 Å². The van der Waals surface area contributed by atoms with Crippen molar-refractivity contribution in [2.45, 2.75) is 0 Å². The fourth-order valence-corrected chi connectivity index (χ4v) is 3.74. The molecule has 0 aliphatic carbocycles. The van der Waals surface area contributed by atoms with Gasteiger partial charge in [-0.1, -0.05) is 33.6 Å². The summed E-state index contributed by atoms with van der Waals surface area (Å²) in [6.45, 7) is 0. The number of halogens is 2. The number of phenols is 1. The second-order valence-corrected chi connectivity index (χ2v) is 7.33. The Morgan fingerprint density at radius 3 is 2.72 bits per heavy atom. The van der Waals surface area contributed by atoms with E-state index in [0.717, 1.165) is 16.7 Å². The Bertz CT molecular complexity index is 916. The van der Waals surface area contributed by atoms with Crippen LogP contribution in [0.5, 0.6) is 11.5 Å². The lowest BCUT2D eigenvalue weighted by molar-refractivity contribution is -0.113. The molecule has 1 saturated heterocycles. The summed E-state index contributed by atoms with van der Waals surface area (Å²) in [6.07, 6.45) is 1.57. The summed E-state index contributed by atoms with van der Waals surface area (Å²) in [5.41, 5.74) is 1.02. The number of amides is 2. The van der Waals surface area contributed by atoms with Gasteiger partial charge in [0, 0.05) is 9.50 Å². The minimum atomic E-state index is -0.434. The van der Waals surface area contributed by atoms with E-state index in [4.69, 9.17) is 16.3 Å². The molecule has 0 spiro atoms. The number of methoxy groups -OCH3 is 1. The van der Waals surface area contributed by atoms with E-state index in [1.165, 1.54) is 13.2 Å². The molecule has 5 nitrogen and oxygen atoms in total. The predicted molar refractivity (Wildman–Crippen MR) is 102 cm³/mol. The van der Waals surface area contributed by atoms with Gasteiger partial charge in [-0.3, -0.25) is 9.59 Å². The van der Waals surface area contributed by atoms with E-state index in [-0.39, 0.29) is 16.4 Å². The van der Waals surface area contributed by atoms with Crippen molar-refractivity contribution in [3.05, 3.63) is 56.4 Å². The molecule has 1 aliphatic heterocycles. The van der Waals surface area contributed by atoms with Gasteiger partial charge in [-0.2, -0.15) is 0 Å². The molecule has 0 bridgehead atoms. The Morgan fingerprint density at radius 1 is 1.28 bits per heavy atom. The molecule has 8 heteroatoms. The van der Waals surface area contributed by atoms with Gasteiger partial charge in [-0.05, 0) is 53.7 Å². The first-order valence-corrected chi connectivity index (χ1v) is 8.99. The van der Waals surface area contributed by atoms with E-state index < -0.39 is 11.1 Å². The van der Waals surface area contributed by atoms with Crippen molar-refractivity contribution >= 4 is 62.2 Å². The Balaban J connectivity index is 1.99. The van der Waals surface area contributed by atoms with Gasteiger partial charge in [0.2, 0.25) is 0 Å². The van der Waals surface area contributed by atoms with Crippen molar-refractivity contribution in [1.82, 2.24) is 0 Å². The summed E-state index contributed by atoms with van der Waals surface area (Å²) in [5.74, 6) is -0.196. The van der Waals surface area contributed by atoms with Crippen LogP contribution in [0.1, 0.15) is 5.56 Å². The highest BCUT2D eigenvalue weighted by molar-refractivity contribution is 9.10. The maximum Gasteiger partial charge on any atom is 0.298 e. The number of imide groups is 1. The van der Waals surface area contributed by atoms with Crippen LogP contribution in [0.3, 0.4) is 0 Å². The highest BCUT2D eigenvalue weighted by Gasteiger charge is 2.36. The van der Waals surface area contributed by atoms with Gasteiger partial charge in [-0.15, -0.1) is 0 Å². The fraction of sp³-hybridized carbons (Fsp3) is 0.0588. The van der Waals surface area contributed by atoms with E-state index in [1.807, 2.05) is 0 Å². The number of carbonyl (C=O) groups excluding carboxylic acids is 2. The van der Waals surface area contributed by atoms with E-state index in [0.29, 0.717) is 20.7 Å². The first-order valence-electron chi connectivity index (χ1n) is 7.00. The van der Waals surface area contributed by atoms with Crippen LogP contribution in [0, 0.1) is 0 Å². The first-order chi connectivity index (χ1) is 11.9. The third-order valence-corrected chi connectivity index (χ3v) is 5.24. The molecule has 0 unspecified atom stereocenters. The maximum absolute atomic E-state index is 12.6. The fourth-order valence-electron chi connectivity index (χ4n) is 2.28. The highest BCUT2D eigenvalue weighted by Crippen LogP contribution is 2.39. The van der Waals surface area contributed by atoms with Gasteiger partial charge >= 0.3 is 0 Å². The van der Waals surface area contributed by atoms with Gasteiger partial charge in [0.1, 0.15) is 0 Å². The molecule has 0 saturated carbocycles. The van der Waals surface area contributed by atoms with Crippen LogP contribution in [-0.4, -0.2) is 23.4 Å². The molecular weight excluding hydrogens is 430 g/mol. The number of benzene rings is 2. The summed E-state index contributed by atoms with van der Waals surface area (Å²) < 4.78 is 5.64. The molecule has 3 rings (SSSR count). The molecule has 2 aromatic rings. The Hall–Kier alpha value is -1.96. The monoisotopic (exact) mass is 439 g/mol. The number of nitrogens with zero attached hydrogens (tertiary/aromatic N) is 1. The molecular formula is C17H11BrClNO4S. The molecule has 25 heavy (non-hydrogen) atoms. The summed E-state index contributed by atoms with van der Waals surface area (Å²) in [5, 5.41) is 9.80. The number of carbonyl (C=O) groups is 2. The number of thioether (sulfide) groups is 1. The molecule has 2 amide bonds. The minimum absolute atomic E-state index is 0.0291. The number of ether oxygens (including phenoxy) is 1. The number of aromatic hydroxyl groups is 1. The van der Waals surface area contributed by atoms with Crippen LogP contribution in [0.15, 0.2) is 45.8 Å². The van der Waals surface area contributed by atoms with Crippen LogP contribution in [0.2, 0.25) is 5.02 Å². The molecule has 128 valence electrons. The molecule has 0 aromatic heterocycles. The lowest BCUT2D eigenvalue weighted by Crippen LogP contribution is -2.27. The van der Waals surface area contributed by atoms with E-state index in [9.17, 15) is 14.7 Å². The summed E-state index contributed by atoms with van der Waals surface area (Å²) >= 11 is 10.1. The number of rotatable bonds is 3. The van der Waals surface area contributed by atoms with Crippen molar-refractivity contribution in [3.63, 3.8) is 0 Å². The lowest BCUT2D eigenvalue weighted by atomic mass is 10.2. The average Bonchev–Trinajstić information content (AvgIpc) is 2.84. The third kappa shape index (κ3) is 3.53. The molecule has 1 N–H and O–H groups in total. The van der Waals surface area contributed by atoms with Crippen molar-refractivity contribution < 1.29 is 19.4 Å². The largest absolute Gasteiger partial charge is 0.504 e. The van der Waals surface area contributed by atoms with E-state index in [2.05, 4.69) is 15.9 Å². The Morgan fingerprint density at radius 2 is 2.04 bits per heavy atom. The molecule has 1 heterocycles. The predicted octanol–water partition coefficient (Wildman–Crippen LogP) is 5.06. The maximum atomic E-state index is 12.6. The Kier molecular flexibility index (Phi) is 5.08. The van der Waals surface area contributed by atoms with Crippen molar-refractivity contribution in [1.29, 1.82) is 0 Å². The molecule has 0 radical (unpaired) electrons. The quantitative estimate of drug-likeness (QED) is 0.676. The first kappa shape index (κ1) is 17.8. The highest BCUT2D eigenvalue weighted by atomic mass is 79.9. The van der Waals surface area contributed by atoms with Gasteiger partial charge in [0.05, 0.1) is 17.7 Å². The van der Waals surface area contributed by atoms with Crippen LogP contribution < -0.4 is 9.64 Å². The number of phenolic OH excluding ortho intramolecular Hbond substituents is 1. The SMILES string of the molecule is COc1cc(/C=C2/SC(=O)N(c3cccc(Cl)c3)C2=O)c(Br)cc1O. The zero-order chi connectivity index (χ0) is 18.1. The van der Waals surface area contributed by atoms with Gasteiger partial charge in [-0.25, -0.2) is 4.90 Å². The average molecular weight is 441 g/mol. The van der Waals surface area contributed by atoms with Crippen LogP contribution in [0.4, 0.5) is 10.5 Å². The zero-order valence-electron chi connectivity index (χ0n) is 12.8.